The van der Waals surface area contributed by atoms with Crippen LogP contribution in [0.5, 0.6) is 0 Å². The molecule has 1 aliphatic rings. The van der Waals surface area contributed by atoms with Gasteiger partial charge in [0.2, 0.25) is 0 Å². The molecule has 0 fully saturated rings. The summed E-state index contributed by atoms with van der Waals surface area (Å²) in [5, 5.41) is 20.9. The van der Waals surface area contributed by atoms with Crippen LogP contribution in [0.25, 0.3) is 54.2 Å². The van der Waals surface area contributed by atoms with E-state index >= 15 is 0 Å². The van der Waals surface area contributed by atoms with Gasteiger partial charge in [0.15, 0.2) is 5.84 Å². The van der Waals surface area contributed by atoms with Crippen LogP contribution in [-0.2, 0) is 0 Å². The summed E-state index contributed by atoms with van der Waals surface area (Å²) >= 11 is 0. The fourth-order valence-corrected chi connectivity index (χ4v) is 7.55. The molecule has 0 bridgehead atoms. The molecule has 0 aliphatic carbocycles. The number of hydrogen-bond acceptors (Lipinski definition) is 6. The Morgan fingerprint density at radius 2 is 1.21 bits per heavy atom. The van der Waals surface area contributed by atoms with Crippen LogP contribution in [0.15, 0.2) is 167 Å². The SMILES string of the molecule is CNc1ccc(-c2cccc(C3=NC(c4cc5c6ccccc6c6ccccc6c5c5ccccc45)=NC(c4ccccc4)N3)c2)cc1N(C)N=O. The minimum absolute atomic E-state index is 0.357. The standard InChI is InChI=1S/C45H34N6O/c1-46-40-24-23-30(26-41(40)51(2)50-52)29-15-12-16-31(25-29)44-47-43(28-13-4-3-5-14-28)48-45(49-44)39-27-38-34-19-7-6-17-32(34)33-18-8-10-21-36(33)42(38)37-22-11-9-20-35(37)39/h3-27,43,46H,1-2H3,(H,47,48,49). The highest BCUT2D eigenvalue weighted by molar-refractivity contribution is 6.34. The van der Waals surface area contributed by atoms with E-state index in [1.165, 1.54) is 42.7 Å². The van der Waals surface area contributed by atoms with Gasteiger partial charge in [-0.3, -0.25) is 0 Å². The molecule has 0 amide bonds. The van der Waals surface area contributed by atoms with Crippen LogP contribution in [-0.4, -0.2) is 25.8 Å². The van der Waals surface area contributed by atoms with E-state index in [2.05, 4.69) is 125 Å². The summed E-state index contributed by atoms with van der Waals surface area (Å²) < 4.78 is 0. The van der Waals surface area contributed by atoms with Gasteiger partial charge in [-0.05, 0) is 84.0 Å². The summed E-state index contributed by atoms with van der Waals surface area (Å²) in [4.78, 5) is 22.1. The lowest BCUT2D eigenvalue weighted by Crippen LogP contribution is -2.33. The zero-order chi connectivity index (χ0) is 35.2. The molecule has 0 saturated carbocycles. The first-order chi connectivity index (χ1) is 25.6. The molecule has 8 aromatic rings. The number of rotatable bonds is 7. The number of benzene rings is 8. The molecule has 1 heterocycles. The fraction of sp³-hybridized carbons (Fsp3) is 0.0667. The van der Waals surface area contributed by atoms with E-state index in [0.717, 1.165) is 44.7 Å². The molecule has 0 radical (unpaired) electrons. The maximum Gasteiger partial charge on any atom is 0.160 e. The number of nitrogens with one attached hydrogen (secondary N) is 2. The predicted octanol–water partition coefficient (Wildman–Crippen LogP) is 10.6. The summed E-state index contributed by atoms with van der Waals surface area (Å²) in [6.07, 6.45) is -0.357. The van der Waals surface area contributed by atoms with Gasteiger partial charge in [0, 0.05) is 25.2 Å². The summed E-state index contributed by atoms with van der Waals surface area (Å²) in [6, 6.07) is 52.8. The Labute approximate surface area is 300 Å². The molecule has 1 unspecified atom stereocenters. The Bertz CT molecular complexity index is 2750. The molecule has 1 aliphatic heterocycles. The van der Waals surface area contributed by atoms with Crippen molar-refractivity contribution < 1.29 is 0 Å². The van der Waals surface area contributed by atoms with Gasteiger partial charge in [-0.15, -0.1) is 4.91 Å². The maximum atomic E-state index is 11.5. The highest BCUT2D eigenvalue weighted by Crippen LogP contribution is 2.41. The first-order valence-electron chi connectivity index (χ1n) is 17.3. The van der Waals surface area contributed by atoms with Crippen molar-refractivity contribution in [3.05, 3.63) is 173 Å². The normalized spacial score (nSPS) is 14.2. The van der Waals surface area contributed by atoms with Gasteiger partial charge in [0.25, 0.3) is 0 Å². The van der Waals surface area contributed by atoms with Gasteiger partial charge in [0.05, 0.1) is 16.7 Å². The van der Waals surface area contributed by atoms with Crippen LogP contribution < -0.4 is 15.6 Å². The average Bonchev–Trinajstić information content (AvgIpc) is 3.23. The van der Waals surface area contributed by atoms with Crippen LogP contribution in [0, 0.1) is 4.91 Å². The largest absolute Gasteiger partial charge is 0.386 e. The smallest absolute Gasteiger partial charge is 0.160 e. The van der Waals surface area contributed by atoms with Gasteiger partial charge in [-0.25, -0.2) is 15.0 Å². The maximum absolute atomic E-state index is 11.5. The second-order valence-corrected chi connectivity index (χ2v) is 13.0. The van der Waals surface area contributed by atoms with Gasteiger partial charge >= 0.3 is 0 Å². The lowest BCUT2D eigenvalue weighted by molar-refractivity contribution is 0.674. The minimum atomic E-state index is -0.357. The van der Waals surface area contributed by atoms with E-state index in [9.17, 15) is 4.91 Å². The number of fused-ring (bicyclic) bond motifs is 8. The minimum Gasteiger partial charge on any atom is -0.386 e. The second-order valence-electron chi connectivity index (χ2n) is 13.0. The van der Waals surface area contributed by atoms with Crippen molar-refractivity contribution >= 4 is 66.1 Å². The molecule has 7 nitrogen and oxygen atoms in total. The molecular formula is C45H34N6O. The highest BCUT2D eigenvalue weighted by atomic mass is 16.3. The zero-order valence-corrected chi connectivity index (χ0v) is 28.7. The number of anilines is 2. The fourth-order valence-electron chi connectivity index (χ4n) is 7.55. The third kappa shape index (κ3) is 5.22. The van der Waals surface area contributed by atoms with Crippen LogP contribution in [0.3, 0.4) is 0 Å². The number of amidine groups is 2. The first-order valence-corrected chi connectivity index (χ1v) is 17.3. The Morgan fingerprint density at radius 1 is 0.615 bits per heavy atom. The van der Waals surface area contributed by atoms with Crippen molar-refractivity contribution in [3.63, 3.8) is 0 Å². The molecule has 2 N–H and O–H groups in total. The molecule has 9 rings (SSSR count). The molecule has 0 saturated heterocycles. The molecule has 0 aromatic heterocycles. The lowest BCUT2D eigenvalue weighted by Gasteiger charge is -2.25. The topological polar surface area (TPSA) is 81.4 Å². The van der Waals surface area contributed by atoms with E-state index in [1.54, 1.807) is 7.05 Å². The van der Waals surface area contributed by atoms with Gasteiger partial charge in [-0.1, -0.05) is 127 Å². The summed E-state index contributed by atoms with van der Waals surface area (Å²) in [5.41, 5.74) is 6.40. The molecule has 0 spiro atoms. The summed E-state index contributed by atoms with van der Waals surface area (Å²) in [6.45, 7) is 0. The van der Waals surface area contributed by atoms with Crippen molar-refractivity contribution in [1.29, 1.82) is 0 Å². The number of aliphatic imine (C=N–C) groups is 2. The number of nitrogens with zero attached hydrogens (tertiary/aromatic N) is 4. The average molecular weight is 675 g/mol. The molecule has 52 heavy (non-hydrogen) atoms. The van der Waals surface area contributed by atoms with Crippen molar-refractivity contribution in [2.24, 2.45) is 15.3 Å². The van der Waals surface area contributed by atoms with Crippen molar-refractivity contribution in [2.75, 3.05) is 24.4 Å². The quantitative estimate of drug-likeness (QED) is 0.100. The third-order valence-corrected chi connectivity index (χ3v) is 10.1. The van der Waals surface area contributed by atoms with Crippen LogP contribution in [0.4, 0.5) is 11.4 Å². The molecule has 250 valence electrons. The molecular weight excluding hydrogens is 641 g/mol. The molecule has 1 atom stereocenters. The zero-order valence-electron chi connectivity index (χ0n) is 28.7. The van der Waals surface area contributed by atoms with Crippen molar-refractivity contribution in [1.82, 2.24) is 5.32 Å². The van der Waals surface area contributed by atoms with Crippen LogP contribution in [0.1, 0.15) is 22.9 Å². The number of nitroso groups, excluding NO2 is 1. The van der Waals surface area contributed by atoms with E-state index in [-0.39, 0.29) is 6.17 Å². The van der Waals surface area contributed by atoms with Crippen molar-refractivity contribution in [3.8, 4) is 11.1 Å². The van der Waals surface area contributed by atoms with E-state index in [4.69, 9.17) is 9.98 Å². The van der Waals surface area contributed by atoms with Crippen molar-refractivity contribution in [2.45, 2.75) is 6.17 Å². The van der Waals surface area contributed by atoms with Crippen LogP contribution >= 0.6 is 0 Å². The van der Waals surface area contributed by atoms with Gasteiger partial charge < -0.3 is 10.6 Å². The Hall–Kier alpha value is -6.86. The van der Waals surface area contributed by atoms with E-state index in [1.807, 2.05) is 49.5 Å². The summed E-state index contributed by atoms with van der Waals surface area (Å²) in [7, 11) is 3.48. The van der Waals surface area contributed by atoms with E-state index < -0.39 is 0 Å². The van der Waals surface area contributed by atoms with E-state index in [0.29, 0.717) is 11.5 Å². The molecule has 7 heteroatoms. The second kappa shape index (κ2) is 12.8. The summed E-state index contributed by atoms with van der Waals surface area (Å²) in [5.74, 6) is 1.40. The monoisotopic (exact) mass is 674 g/mol. The van der Waals surface area contributed by atoms with Gasteiger partial charge in [0.1, 0.15) is 12.0 Å². The van der Waals surface area contributed by atoms with Gasteiger partial charge in [-0.2, -0.15) is 0 Å². The van der Waals surface area contributed by atoms with Crippen LogP contribution in [0.2, 0.25) is 0 Å². The highest BCUT2D eigenvalue weighted by Gasteiger charge is 2.24. The third-order valence-electron chi connectivity index (χ3n) is 10.1. The Morgan fingerprint density at radius 3 is 1.92 bits per heavy atom. The predicted molar refractivity (Wildman–Crippen MR) is 217 cm³/mol. The molecule has 8 aromatic carbocycles. The first kappa shape index (κ1) is 31.1. The Balaban J connectivity index is 1.26. The lowest BCUT2D eigenvalue weighted by atomic mass is 9.89. The number of hydrogen-bond donors (Lipinski definition) is 2. The Kier molecular flexibility index (Phi) is 7.66.